The molecule has 1 aromatic carbocycles. The van der Waals surface area contributed by atoms with Crippen molar-refractivity contribution >= 4 is 34.7 Å². The molecule has 22 heavy (non-hydrogen) atoms. The normalized spacial score (nSPS) is 12.3. The molecular weight excluding hydrogens is 304 g/mol. The lowest BCUT2D eigenvalue weighted by molar-refractivity contribution is -0.119. The quantitative estimate of drug-likeness (QED) is 0.782. The second-order valence-corrected chi connectivity index (χ2v) is 5.95. The molecule has 1 aromatic heterocycles. The SMILES string of the molecule is COCCn1c(S[C@H](C)C(=O)NC(N)=O)nc2ccccc21. The Labute approximate surface area is 132 Å². The van der Waals surface area contributed by atoms with E-state index in [4.69, 9.17) is 10.5 Å². The number of para-hydroxylation sites is 2. The van der Waals surface area contributed by atoms with Crippen molar-refractivity contribution in [2.24, 2.45) is 5.73 Å². The van der Waals surface area contributed by atoms with Crippen LogP contribution in [0.3, 0.4) is 0 Å². The van der Waals surface area contributed by atoms with Crippen LogP contribution >= 0.6 is 11.8 Å². The summed E-state index contributed by atoms with van der Waals surface area (Å²) < 4.78 is 7.12. The van der Waals surface area contributed by atoms with Gasteiger partial charge in [-0.05, 0) is 19.1 Å². The van der Waals surface area contributed by atoms with Gasteiger partial charge in [0.05, 0.1) is 22.9 Å². The summed E-state index contributed by atoms with van der Waals surface area (Å²) in [6.07, 6.45) is 0. The number of primary amides is 1. The summed E-state index contributed by atoms with van der Waals surface area (Å²) >= 11 is 1.27. The molecule has 0 aliphatic heterocycles. The van der Waals surface area contributed by atoms with Crippen molar-refractivity contribution in [3.8, 4) is 0 Å². The molecule has 0 saturated heterocycles. The fourth-order valence-corrected chi connectivity index (χ4v) is 2.93. The molecule has 2 rings (SSSR count). The minimum atomic E-state index is -0.856. The van der Waals surface area contributed by atoms with Gasteiger partial charge in [0.15, 0.2) is 5.16 Å². The van der Waals surface area contributed by atoms with Crippen LogP contribution in [0, 0.1) is 0 Å². The van der Waals surface area contributed by atoms with Gasteiger partial charge in [-0.25, -0.2) is 9.78 Å². The predicted octanol–water partition coefficient (Wildman–Crippen LogP) is 1.36. The van der Waals surface area contributed by atoms with Gasteiger partial charge in [-0.2, -0.15) is 0 Å². The number of imidazole rings is 1. The Kier molecular flexibility index (Phi) is 5.40. The Morgan fingerprint density at radius 2 is 2.18 bits per heavy atom. The van der Waals surface area contributed by atoms with Gasteiger partial charge in [-0.1, -0.05) is 23.9 Å². The average Bonchev–Trinajstić information content (AvgIpc) is 2.81. The van der Waals surface area contributed by atoms with Crippen molar-refractivity contribution in [1.29, 1.82) is 0 Å². The summed E-state index contributed by atoms with van der Waals surface area (Å²) in [7, 11) is 1.63. The molecule has 0 aliphatic carbocycles. The summed E-state index contributed by atoms with van der Waals surface area (Å²) in [5.41, 5.74) is 6.79. The smallest absolute Gasteiger partial charge is 0.318 e. The van der Waals surface area contributed by atoms with E-state index in [0.29, 0.717) is 18.3 Å². The zero-order chi connectivity index (χ0) is 16.1. The topological polar surface area (TPSA) is 99.2 Å². The van der Waals surface area contributed by atoms with Gasteiger partial charge in [-0.15, -0.1) is 0 Å². The number of aromatic nitrogens is 2. The van der Waals surface area contributed by atoms with Crippen LogP contribution in [0.25, 0.3) is 11.0 Å². The standard InChI is InChI=1S/C14H18N4O3S/c1-9(12(19)17-13(15)20)22-14-16-10-5-3-4-6-11(10)18(14)7-8-21-2/h3-6,9H,7-8H2,1-2H3,(H3,15,17,19,20)/t9-/m1/s1. The zero-order valence-electron chi connectivity index (χ0n) is 12.4. The summed E-state index contributed by atoms with van der Waals surface area (Å²) in [5.74, 6) is -0.442. The highest BCUT2D eigenvalue weighted by Gasteiger charge is 2.20. The van der Waals surface area contributed by atoms with Crippen LogP contribution in [-0.4, -0.2) is 40.5 Å². The molecule has 0 spiro atoms. The lowest BCUT2D eigenvalue weighted by atomic mass is 10.3. The third-order valence-corrected chi connectivity index (χ3v) is 4.13. The first-order chi connectivity index (χ1) is 10.5. The van der Waals surface area contributed by atoms with Crippen molar-refractivity contribution in [3.63, 3.8) is 0 Å². The van der Waals surface area contributed by atoms with E-state index in [1.54, 1.807) is 14.0 Å². The number of ether oxygens (including phenoxy) is 1. The van der Waals surface area contributed by atoms with Gasteiger partial charge in [0, 0.05) is 13.7 Å². The van der Waals surface area contributed by atoms with Crippen LogP contribution in [0.2, 0.25) is 0 Å². The number of nitrogens with two attached hydrogens (primary N) is 1. The molecule has 3 N–H and O–H groups in total. The first-order valence-corrected chi connectivity index (χ1v) is 7.62. The Morgan fingerprint density at radius 1 is 1.45 bits per heavy atom. The fraction of sp³-hybridized carbons (Fsp3) is 0.357. The molecule has 0 unspecified atom stereocenters. The maximum Gasteiger partial charge on any atom is 0.318 e. The van der Waals surface area contributed by atoms with E-state index in [1.165, 1.54) is 11.8 Å². The Bertz CT molecular complexity index is 686. The average molecular weight is 322 g/mol. The molecule has 0 fully saturated rings. The van der Waals surface area contributed by atoms with Gasteiger partial charge < -0.3 is 15.0 Å². The maximum atomic E-state index is 11.8. The number of rotatable bonds is 6. The minimum Gasteiger partial charge on any atom is -0.383 e. The first-order valence-electron chi connectivity index (χ1n) is 6.74. The second kappa shape index (κ2) is 7.28. The van der Waals surface area contributed by atoms with Crippen molar-refractivity contribution in [3.05, 3.63) is 24.3 Å². The first kappa shape index (κ1) is 16.3. The number of thioether (sulfide) groups is 1. The number of hydrogen-bond donors (Lipinski definition) is 2. The molecular formula is C14H18N4O3S. The highest BCUT2D eigenvalue weighted by Crippen LogP contribution is 2.27. The molecule has 7 nitrogen and oxygen atoms in total. The molecule has 0 saturated carbocycles. The highest BCUT2D eigenvalue weighted by molar-refractivity contribution is 8.00. The second-order valence-electron chi connectivity index (χ2n) is 4.64. The number of benzene rings is 1. The van der Waals surface area contributed by atoms with E-state index < -0.39 is 17.2 Å². The molecule has 2 aromatic rings. The summed E-state index contributed by atoms with van der Waals surface area (Å²) in [4.78, 5) is 27.1. The van der Waals surface area contributed by atoms with Crippen LogP contribution in [0.5, 0.6) is 0 Å². The van der Waals surface area contributed by atoms with E-state index in [0.717, 1.165) is 11.0 Å². The Hall–Kier alpha value is -2.06. The van der Waals surface area contributed by atoms with Gasteiger partial charge >= 0.3 is 6.03 Å². The summed E-state index contributed by atoms with van der Waals surface area (Å²) in [6, 6.07) is 6.87. The monoisotopic (exact) mass is 322 g/mol. The maximum absolute atomic E-state index is 11.8. The van der Waals surface area contributed by atoms with Crippen molar-refractivity contribution in [2.75, 3.05) is 13.7 Å². The molecule has 1 heterocycles. The number of hydrogen-bond acceptors (Lipinski definition) is 5. The number of amides is 3. The third kappa shape index (κ3) is 3.77. The van der Waals surface area contributed by atoms with Gasteiger partial charge in [0.2, 0.25) is 5.91 Å². The Balaban J connectivity index is 2.25. The third-order valence-electron chi connectivity index (χ3n) is 3.04. The van der Waals surface area contributed by atoms with Crippen LogP contribution in [0.15, 0.2) is 29.4 Å². The number of carbonyl (C=O) groups is 2. The van der Waals surface area contributed by atoms with Gasteiger partial charge in [0.1, 0.15) is 0 Å². The van der Waals surface area contributed by atoms with E-state index in [-0.39, 0.29) is 0 Å². The molecule has 0 bridgehead atoms. The van der Waals surface area contributed by atoms with Crippen LogP contribution < -0.4 is 11.1 Å². The molecule has 0 radical (unpaired) electrons. The van der Waals surface area contributed by atoms with E-state index in [2.05, 4.69) is 10.3 Å². The summed E-state index contributed by atoms with van der Waals surface area (Å²) in [6.45, 7) is 2.86. The predicted molar refractivity (Wildman–Crippen MR) is 84.7 cm³/mol. The number of carbonyl (C=O) groups excluding carboxylic acids is 2. The van der Waals surface area contributed by atoms with Crippen LogP contribution in [0.4, 0.5) is 4.79 Å². The van der Waals surface area contributed by atoms with Crippen LogP contribution in [-0.2, 0) is 16.1 Å². The molecule has 3 amide bonds. The molecule has 0 aliphatic rings. The number of nitrogens with one attached hydrogen (secondary N) is 1. The lowest BCUT2D eigenvalue weighted by Crippen LogP contribution is -2.39. The summed E-state index contributed by atoms with van der Waals surface area (Å²) in [5, 5.41) is 2.28. The number of methoxy groups -OCH3 is 1. The van der Waals surface area contributed by atoms with Crippen molar-refractivity contribution < 1.29 is 14.3 Å². The molecule has 1 atom stereocenters. The van der Waals surface area contributed by atoms with E-state index in [1.807, 2.05) is 28.8 Å². The lowest BCUT2D eigenvalue weighted by Gasteiger charge is -2.12. The van der Waals surface area contributed by atoms with Gasteiger partial charge in [0.25, 0.3) is 0 Å². The number of urea groups is 1. The highest BCUT2D eigenvalue weighted by atomic mass is 32.2. The fourth-order valence-electron chi connectivity index (χ4n) is 1.98. The number of nitrogens with zero attached hydrogens (tertiary/aromatic N) is 2. The number of fused-ring (bicyclic) bond motifs is 1. The van der Waals surface area contributed by atoms with Crippen LogP contribution in [0.1, 0.15) is 6.92 Å². The van der Waals surface area contributed by atoms with E-state index in [9.17, 15) is 9.59 Å². The largest absolute Gasteiger partial charge is 0.383 e. The minimum absolute atomic E-state index is 0.442. The Morgan fingerprint density at radius 3 is 2.86 bits per heavy atom. The molecule has 118 valence electrons. The van der Waals surface area contributed by atoms with Crippen molar-refractivity contribution in [2.45, 2.75) is 23.9 Å². The molecule has 8 heteroatoms. The van der Waals surface area contributed by atoms with Crippen molar-refractivity contribution in [1.82, 2.24) is 14.9 Å². The number of imide groups is 1. The zero-order valence-corrected chi connectivity index (χ0v) is 13.2. The van der Waals surface area contributed by atoms with Gasteiger partial charge in [-0.3, -0.25) is 10.1 Å². The van der Waals surface area contributed by atoms with E-state index >= 15 is 0 Å².